The van der Waals surface area contributed by atoms with Crippen molar-refractivity contribution in [2.75, 3.05) is 0 Å². The third-order valence-electron chi connectivity index (χ3n) is 4.94. The van der Waals surface area contributed by atoms with Crippen LogP contribution in [0, 0.1) is 5.92 Å². The summed E-state index contributed by atoms with van der Waals surface area (Å²) in [5.74, 6) is 0.892. The van der Waals surface area contributed by atoms with E-state index in [0.717, 1.165) is 5.92 Å². The van der Waals surface area contributed by atoms with Crippen LogP contribution < -0.4 is 0 Å². The molecule has 2 fully saturated rings. The second-order valence-corrected chi connectivity index (χ2v) is 5.53. The normalized spacial score (nSPS) is 35.2. The van der Waals surface area contributed by atoms with E-state index in [2.05, 4.69) is 24.3 Å². The molecule has 1 nitrogen and oxygen atoms in total. The predicted molar refractivity (Wildman–Crippen MR) is 66.4 cm³/mol. The minimum atomic E-state index is 0.384. The number of nitrogens with zero attached hydrogens (tertiary/aromatic N) is 1. The van der Waals surface area contributed by atoms with Crippen LogP contribution in [0.15, 0.2) is 29.3 Å². The Morgan fingerprint density at radius 2 is 2.00 bits per heavy atom. The molecule has 1 heterocycles. The first kappa shape index (κ1) is 8.98. The number of hydrogen-bond donors (Lipinski definition) is 0. The Hall–Kier alpha value is -1.11. The van der Waals surface area contributed by atoms with Crippen molar-refractivity contribution in [1.29, 1.82) is 0 Å². The van der Waals surface area contributed by atoms with E-state index in [1.807, 2.05) is 0 Å². The number of benzene rings is 1. The molecule has 1 aromatic carbocycles. The lowest BCUT2D eigenvalue weighted by molar-refractivity contribution is 0.354. The van der Waals surface area contributed by atoms with Crippen molar-refractivity contribution in [3.8, 4) is 0 Å². The van der Waals surface area contributed by atoms with Gasteiger partial charge in [-0.15, -0.1) is 0 Å². The molecule has 0 bridgehead atoms. The Balaban J connectivity index is 1.97. The lowest BCUT2D eigenvalue weighted by Crippen LogP contribution is -2.40. The summed E-state index contributed by atoms with van der Waals surface area (Å²) in [5.41, 5.74) is 4.72. The van der Waals surface area contributed by atoms with Gasteiger partial charge in [0, 0.05) is 11.1 Å². The third-order valence-corrected chi connectivity index (χ3v) is 4.94. The molecule has 1 aliphatic heterocycles. The van der Waals surface area contributed by atoms with Crippen molar-refractivity contribution in [2.24, 2.45) is 10.9 Å². The predicted octanol–water partition coefficient (Wildman–Crippen LogP) is 3.99. The first-order valence-electron chi connectivity index (χ1n) is 6.59. The zero-order valence-corrected chi connectivity index (χ0v) is 9.58. The molecular weight excluding hydrogens is 194 g/mol. The number of aliphatic imine (C=N–C) groups is 1. The molecule has 1 spiro atoms. The van der Waals surface area contributed by atoms with Crippen molar-refractivity contribution in [3.63, 3.8) is 0 Å². The van der Waals surface area contributed by atoms with Crippen molar-refractivity contribution >= 4 is 11.4 Å². The zero-order chi connectivity index (χ0) is 10.6. The van der Waals surface area contributed by atoms with Gasteiger partial charge in [0.1, 0.15) is 0 Å². The molecular formula is C15H17N. The standard InChI is InChI=1S/C15H17N/c1-2-8-13-12(7-1)15-10-4-6-11(15)5-3-9-14(15)16-13/h1-2,7-8,11H,3-6,9-10H2/t11-,15+/m0/s1. The maximum absolute atomic E-state index is 4.92. The summed E-state index contributed by atoms with van der Waals surface area (Å²) in [6.45, 7) is 0. The zero-order valence-electron chi connectivity index (χ0n) is 9.58. The molecule has 3 aliphatic rings. The molecule has 4 rings (SSSR count). The summed E-state index contributed by atoms with van der Waals surface area (Å²) in [6, 6.07) is 8.84. The minimum Gasteiger partial charge on any atom is -0.257 e. The summed E-state index contributed by atoms with van der Waals surface area (Å²) in [7, 11) is 0. The van der Waals surface area contributed by atoms with Crippen LogP contribution in [0.4, 0.5) is 5.69 Å². The van der Waals surface area contributed by atoms with Gasteiger partial charge in [-0.3, -0.25) is 4.99 Å². The highest BCUT2D eigenvalue weighted by Crippen LogP contribution is 2.57. The van der Waals surface area contributed by atoms with Crippen LogP contribution in [0.25, 0.3) is 0 Å². The summed E-state index contributed by atoms with van der Waals surface area (Å²) in [4.78, 5) is 4.92. The van der Waals surface area contributed by atoms with Crippen LogP contribution in [-0.2, 0) is 5.41 Å². The first-order valence-corrected chi connectivity index (χ1v) is 6.59. The highest BCUT2D eigenvalue weighted by molar-refractivity contribution is 6.03. The maximum Gasteiger partial charge on any atom is 0.0671 e. The molecule has 2 aliphatic carbocycles. The lowest BCUT2D eigenvalue weighted by atomic mass is 9.64. The SMILES string of the molecule is c1ccc2c(c1)N=C1CCC[C@H]3CCC[C@]123. The Morgan fingerprint density at radius 3 is 3.00 bits per heavy atom. The van der Waals surface area contributed by atoms with Crippen molar-refractivity contribution < 1.29 is 0 Å². The molecule has 82 valence electrons. The van der Waals surface area contributed by atoms with E-state index in [1.54, 1.807) is 5.56 Å². The summed E-state index contributed by atoms with van der Waals surface area (Å²) in [6.07, 6.45) is 8.21. The third kappa shape index (κ3) is 0.904. The summed E-state index contributed by atoms with van der Waals surface area (Å²) < 4.78 is 0. The Kier molecular flexibility index (Phi) is 1.66. The van der Waals surface area contributed by atoms with Gasteiger partial charge in [0.15, 0.2) is 0 Å². The van der Waals surface area contributed by atoms with Crippen LogP contribution in [0.1, 0.15) is 44.1 Å². The second-order valence-electron chi connectivity index (χ2n) is 5.53. The largest absolute Gasteiger partial charge is 0.257 e. The van der Waals surface area contributed by atoms with Gasteiger partial charge in [-0.2, -0.15) is 0 Å². The summed E-state index contributed by atoms with van der Waals surface area (Å²) in [5, 5.41) is 0. The van der Waals surface area contributed by atoms with Gasteiger partial charge in [-0.1, -0.05) is 24.6 Å². The molecule has 1 heteroatoms. The molecule has 0 unspecified atom stereocenters. The van der Waals surface area contributed by atoms with E-state index in [9.17, 15) is 0 Å². The molecule has 0 saturated heterocycles. The van der Waals surface area contributed by atoms with Gasteiger partial charge < -0.3 is 0 Å². The molecule has 0 N–H and O–H groups in total. The lowest BCUT2D eigenvalue weighted by Gasteiger charge is -2.38. The Morgan fingerprint density at radius 1 is 1.12 bits per heavy atom. The fraction of sp³-hybridized carbons (Fsp3) is 0.533. The van der Waals surface area contributed by atoms with Gasteiger partial charge in [0.2, 0.25) is 0 Å². The van der Waals surface area contributed by atoms with Gasteiger partial charge in [0.25, 0.3) is 0 Å². The van der Waals surface area contributed by atoms with E-state index in [4.69, 9.17) is 4.99 Å². The van der Waals surface area contributed by atoms with Gasteiger partial charge in [-0.05, 0) is 49.7 Å². The van der Waals surface area contributed by atoms with Crippen LogP contribution in [0.5, 0.6) is 0 Å². The van der Waals surface area contributed by atoms with E-state index >= 15 is 0 Å². The van der Waals surface area contributed by atoms with Crippen molar-refractivity contribution in [3.05, 3.63) is 29.8 Å². The topological polar surface area (TPSA) is 12.4 Å². The number of fused-ring (bicyclic) bond motifs is 1. The number of para-hydroxylation sites is 1. The number of rotatable bonds is 0. The van der Waals surface area contributed by atoms with E-state index < -0.39 is 0 Å². The monoisotopic (exact) mass is 211 g/mol. The second kappa shape index (κ2) is 2.97. The van der Waals surface area contributed by atoms with Crippen molar-refractivity contribution in [2.45, 2.75) is 43.9 Å². The van der Waals surface area contributed by atoms with Gasteiger partial charge >= 0.3 is 0 Å². The summed E-state index contributed by atoms with van der Waals surface area (Å²) >= 11 is 0. The van der Waals surface area contributed by atoms with Gasteiger partial charge in [-0.25, -0.2) is 0 Å². The van der Waals surface area contributed by atoms with Crippen LogP contribution in [0.2, 0.25) is 0 Å². The molecule has 1 aromatic rings. The molecule has 2 atom stereocenters. The average Bonchev–Trinajstić information content (AvgIpc) is 2.87. The smallest absolute Gasteiger partial charge is 0.0671 e. The highest BCUT2D eigenvalue weighted by atomic mass is 14.8. The quantitative estimate of drug-likeness (QED) is 0.615. The number of hydrogen-bond acceptors (Lipinski definition) is 1. The Labute approximate surface area is 96.6 Å². The van der Waals surface area contributed by atoms with Crippen LogP contribution >= 0.6 is 0 Å². The maximum atomic E-state index is 4.92. The van der Waals surface area contributed by atoms with Crippen LogP contribution in [-0.4, -0.2) is 5.71 Å². The minimum absolute atomic E-state index is 0.384. The molecule has 0 aromatic heterocycles. The molecule has 2 saturated carbocycles. The molecule has 0 amide bonds. The van der Waals surface area contributed by atoms with E-state index in [0.29, 0.717) is 5.41 Å². The Bertz CT molecular complexity index is 474. The molecule has 16 heavy (non-hydrogen) atoms. The van der Waals surface area contributed by atoms with E-state index in [1.165, 1.54) is 49.9 Å². The average molecular weight is 211 g/mol. The highest BCUT2D eigenvalue weighted by Gasteiger charge is 2.52. The molecule has 0 radical (unpaired) electrons. The fourth-order valence-electron chi connectivity index (χ4n) is 4.35. The fourth-order valence-corrected chi connectivity index (χ4v) is 4.35. The van der Waals surface area contributed by atoms with E-state index in [-0.39, 0.29) is 0 Å². The van der Waals surface area contributed by atoms with Gasteiger partial charge in [0.05, 0.1) is 5.69 Å². The van der Waals surface area contributed by atoms with Crippen LogP contribution in [0.3, 0.4) is 0 Å². The first-order chi connectivity index (χ1) is 7.91. The van der Waals surface area contributed by atoms with Crippen molar-refractivity contribution in [1.82, 2.24) is 0 Å².